The smallest absolute Gasteiger partial charge is 0.454 e. The van der Waals surface area contributed by atoms with Gasteiger partial charge in [0.25, 0.3) is 0 Å². The van der Waals surface area contributed by atoms with Crippen LogP contribution in [0.5, 0.6) is 11.5 Å². The normalized spacial score (nSPS) is 19.8. The molecule has 158 valence electrons. The van der Waals surface area contributed by atoms with Crippen LogP contribution >= 0.6 is 0 Å². The minimum atomic E-state index is -4.95. The molecule has 0 aliphatic carbocycles. The van der Waals surface area contributed by atoms with Crippen LogP contribution in [-0.4, -0.2) is 35.6 Å². The van der Waals surface area contributed by atoms with Crippen molar-refractivity contribution in [2.24, 2.45) is 5.16 Å². The Balaban J connectivity index is 1.30. The van der Waals surface area contributed by atoms with E-state index in [-0.39, 0.29) is 19.0 Å². The standard InChI is InChI=1S/C19H16F3N3O5/c20-19(21,22)18(27)8-14(25-30-18)12-3-1-11(2-4-12)9-23-17(26)24-13-5-6-15-16(7-13)29-10-28-15/h1-7,27H,8-10H2,(H2,23,24,26). The number of benzene rings is 2. The van der Waals surface area contributed by atoms with Crippen molar-refractivity contribution in [3.8, 4) is 11.5 Å². The maximum absolute atomic E-state index is 12.8. The van der Waals surface area contributed by atoms with Crippen molar-refractivity contribution in [2.45, 2.75) is 24.9 Å². The second-order valence-corrected chi connectivity index (χ2v) is 6.66. The molecule has 2 aliphatic heterocycles. The molecule has 11 heteroatoms. The van der Waals surface area contributed by atoms with Gasteiger partial charge >= 0.3 is 18.0 Å². The van der Waals surface area contributed by atoms with Crippen LogP contribution in [0.3, 0.4) is 0 Å². The van der Waals surface area contributed by atoms with E-state index in [2.05, 4.69) is 20.6 Å². The highest BCUT2D eigenvalue weighted by Gasteiger charge is 2.60. The lowest BCUT2D eigenvalue weighted by atomic mass is 10.0. The molecule has 0 aromatic heterocycles. The van der Waals surface area contributed by atoms with Gasteiger partial charge in [0.1, 0.15) is 0 Å². The Labute approximate surface area is 168 Å². The molecule has 0 fully saturated rings. The molecule has 0 radical (unpaired) electrons. The van der Waals surface area contributed by atoms with E-state index in [1.54, 1.807) is 30.3 Å². The highest BCUT2D eigenvalue weighted by Crippen LogP contribution is 2.39. The van der Waals surface area contributed by atoms with Crippen molar-refractivity contribution in [2.75, 3.05) is 12.1 Å². The number of oxime groups is 1. The molecule has 3 N–H and O–H groups in total. The number of hydrogen-bond acceptors (Lipinski definition) is 6. The summed E-state index contributed by atoms with van der Waals surface area (Å²) in [4.78, 5) is 16.3. The molecule has 30 heavy (non-hydrogen) atoms. The SMILES string of the molecule is O=C(NCc1ccc(C2=NOC(O)(C(F)(F)F)C2)cc1)Nc1ccc2c(c1)OCO2. The summed E-state index contributed by atoms with van der Waals surface area (Å²) >= 11 is 0. The summed E-state index contributed by atoms with van der Waals surface area (Å²) in [6, 6.07) is 10.9. The molecular weight excluding hydrogens is 407 g/mol. The summed E-state index contributed by atoms with van der Waals surface area (Å²) in [5.41, 5.74) is 1.60. The first kappa shape index (κ1) is 19.8. The van der Waals surface area contributed by atoms with E-state index < -0.39 is 24.4 Å². The van der Waals surface area contributed by atoms with Crippen LogP contribution in [0.4, 0.5) is 23.7 Å². The van der Waals surface area contributed by atoms with Gasteiger partial charge in [0, 0.05) is 18.3 Å². The highest BCUT2D eigenvalue weighted by molar-refractivity contribution is 6.01. The second kappa shape index (κ2) is 7.41. The van der Waals surface area contributed by atoms with Crippen LogP contribution in [0.15, 0.2) is 47.6 Å². The topological polar surface area (TPSA) is 101 Å². The zero-order chi connectivity index (χ0) is 21.4. The van der Waals surface area contributed by atoms with Gasteiger partial charge in [-0.25, -0.2) is 4.79 Å². The molecule has 1 unspecified atom stereocenters. The van der Waals surface area contributed by atoms with Crippen LogP contribution in [-0.2, 0) is 11.4 Å². The van der Waals surface area contributed by atoms with Gasteiger partial charge in [0.05, 0.1) is 12.1 Å². The van der Waals surface area contributed by atoms with Gasteiger partial charge in [-0.3, -0.25) is 0 Å². The van der Waals surface area contributed by atoms with Crippen molar-refractivity contribution in [3.63, 3.8) is 0 Å². The maximum Gasteiger partial charge on any atom is 0.458 e. The number of carbonyl (C=O) groups is 1. The minimum Gasteiger partial charge on any atom is -0.454 e. The number of anilines is 1. The summed E-state index contributed by atoms with van der Waals surface area (Å²) in [7, 11) is 0. The fourth-order valence-corrected chi connectivity index (χ4v) is 2.88. The van der Waals surface area contributed by atoms with Gasteiger partial charge < -0.3 is 30.1 Å². The molecule has 0 bridgehead atoms. The van der Waals surface area contributed by atoms with Gasteiger partial charge in [0.2, 0.25) is 6.79 Å². The highest BCUT2D eigenvalue weighted by atomic mass is 19.4. The van der Waals surface area contributed by atoms with Crippen LogP contribution in [0.2, 0.25) is 0 Å². The number of alkyl halides is 3. The number of rotatable bonds is 4. The number of carbonyl (C=O) groups excluding carboxylic acids is 1. The van der Waals surface area contributed by atoms with Gasteiger partial charge in [-0.1, -0.05) is 29.4 Å². The molecule has 0 spiro atoms. The lowest BCUT2D eigenvalue weighted by Gasteiger charge is -2.22. The van der Waals surface area contributed by atoms with Crippen molar-refractivity contribution in [1.82, 2.24) is 5.32 Å². The van der Waals surface area contributed by atoms with E-state index in [1.165, 1.54) is 12.1 Å². The second-order valence-electron chi connectivity index (χ2n) is 6.66. The number of urea groups is 1. The number of nitrogens with one attached hydrogen (secondary N) is 2. The lowest BCUT2D eigenvalue weighted by Crippen LogP contribution is -2.45. The Morgan fingerprint density at radius 1 is 1.13 bits per heavy atom. The quantitative estimate of drug-likeness (QED) is 0.702. The van der Waals surface area contributed by atoms with Crippen molar-refractivity contribution < 1.29 is 37.4 Å². The number of hydrogen-bond donors (Lipinski definition) is 3. The molecule has 2 heterocycles. The summed E-state index contributed by atoms with van der Waals surface area (Å²) in [5.74, 6) is -2.17. The lowest BCUT2D eigenvalue weighted by molar-refractivity contribution is -0.355. The van der Waals surface area contributed by atoms with E-state index in [4.69, 9.17) is 9.47 Å². The molecular formula is C19H16F3N3O5. The third-order valence-corrected chi connectivity index (χ3v) is 4.53. The fraction of sp³-hybridized carbons (Fsp3) is 0.263. The maximum atomic E-state index is 12.8. The van der Waals surface area contributed by atoms with Crippen molar-refractivity contribution in [3.05, 3.63) is 53.6 Å². The molecule has 2 amide bonds. The Bertz CT molecular complexity index is 994. The summed E-state index contributed by atoms with van der Waals surface area (Å²) in [6.07, 6.45) is -5.75. The third kappa shape index (κ3) is 3.96. The third-order valence-electron chi connectivity index (χ3n) is 4.53. The summed E-state index contributed by atoms with van der Waals surface area (Å²) < 4.78 is 48.8. The van der Waals surface area contributed by atoms with Crippen LogP contribution < -0.4 is 20.1 Å². The number of nitrogens with zero attached hydrogens (tertiary/aromatic N) is 1. The molecule has 0 saturated carbocycles. The average Bonchev–Trinajstić information content (AvgIpc) is 3.33. The minimum absolute atomic E-state index is 0.0186. The predicted octanol–water partition coefficient (Wildman–Crippen LogP) is 3.11. The molecule has 2 aromatic carbocycles. The van der Waals surface area contributed by atoms with E-state index in [9.17, 15) is 23.1 Å². The Kier molecular flexibility index (Phi) is 4.90. The van der Waals surface area contributed by atoms with Gasteiger partial charge in [-0.15, -0.1) is 0 Å². The molecule has 0 saturated heterocycles. The fourth-order valence-electron chi connectivity index (χ4n) is 2.88. The zero-order valence-corrected chi connectivity index (χ0v) is 15.3. The Hall–Kier alpha value is -3.47. The monoisotopic (exact) mass is 423 g/mol. The van der Waals surface area contributed by atoms with E-state index in [0.717, 1.165) is 0 Å². The first-order chi connectivity index (χ1) is 14.2. The molecule has 8 nitrogen and oxygen atoms in total. The largest absolute Gasteiger partial charge is 0.458 e. The molecule has 4 rings (SSSR count). The number of ether oxygens (including phenoxy) is 2. The van der Waals surface area contributed by atoms with Gasteiger partial charge in [-0.2, -0.15) is 13.2 Å². The predicted molar refractivity (Wildman–Crippen MR) is 98.1 cm³/mol. The van der Waals surface area contributed by atoms with Crippen LogP contribution in [0, 0.1) is 0 Å². The average molecular weight is 423 g/mol. The number of fused-ring (bicyclic) bond motifs is 1. The van der Waals surface area contributed by atoms with E-state index in [1.807, 2.05) is 0 Å². The van der Waals surface area contributed by atoms with E-state index >= 15 is 0 Å². The Morgan fingerprint density at radius 2 is 1.87 bits per heavy atom. The van der Waals surface area contributed by atoms with Gasteiger partial charge in [0.15, 0.2) is 11.5 Å². The molecule has 2 aliphatic rings. The number of aliphatic hydroxyl groups is 1. The first-order valence-corrected chi connectivity index (χ1v) is 8.81. The summed E-state index contributed by atoms with van der Waals surface area (Å²) in [6.45, 7) is 0.321. The van der Waals surface area contributed by atoms with Crippen LogP contribution in [0.1, 0.15) is 17.5 Å². The number of amides is 2. The van der Waals surface area contributed by atoms with Crippen molar-refractivity contribution in [1.29, 1.82) is 0 Å². The van der Waals surface area contributed by atoms with E-state index in [0.29, 0.717) is 28.3 Å². The summed E-state index contributed by atoms with van der Waals surface area (Å²) in [5, 5.41) is 18.2. The Morgan fingerprint density at radius 3 is 2.57 bits per heavy atom. The number of halogens is 3. The van der Waals surface area contributed by atoms with Crippen molar-refractivity contribution >= 4 is 17.4 Å². The van der Waals surface area contributed by atoms with Crippen LogP contribution in [0.25, 0.3) is 0 Å². The zero-order valence-electron chi connectivity index (χ0n) is 15.3. The first-order valence-electron chi connectivity index (χ1n) is 8.81. The van der Waals surface area contributed by atoms with Gasteiger partial charge in [-0.05, 0) is 23.3 Å². The molecule has 1 atom stereocenters. The molecule has 2 aromatic rings.